The van der Waals surface area contributed by atoms with Crippen LogP contribution in [0.15, 0.2) is 70.7 Å². The van der Waals surface area contributed by atoms with Crippen molar-refractivity contribution >= 4 is 11.3 Å². The first-order chi connectivity index (χ1) is 13.8. The molecule has 0 aliphatic rings. The summed E-state index contributed by atoms with van der Waals surface area (Å²) >= 11 is 1.55. The minimum atomic E-state index is 0.136. The summed E-state index contributed by atoms with van der Waals surface area (Å²) in [5.41, 5.74) is 2.88. The first-order valence-electron chi connectivity index (χ1n) is 8.44. The summed E-state index contributed by atoms with van der Waals surface area (Å²) < 4.78 is 11.4. The van der Waals surface area contributed by atoms with Gasteiger partial charge in [0.15, 0.2) is 0 Å². The molecule has 1 aromatic carbocycles. The van der Waals surface area contributed by atoms with Crippen molar-refractivity contribution in [2.75, 3.05) is 0 Å². The molecule has 0 saturated carbocycles. The first kappa shape index (κ1) is 17.5. The van der Waals surface area contributed by atoms with Crippen molar-refractivity contribution in [3.05, 3.63) is 82.9 Å². The third-order valence-corrected chi connectivity index (χ3v) is 5.05. The maximum atomic E-state index is 9.76. The number of ether oxygens (including phenoxy) is 1. The number of hydrogen-bond acceptors (Lipinski definition) is 6. The molecule has 28 heavy (non-hydrogen) atoms. The standard InChI is InChI=1S/C22H13N3O2S/c23-12-15-5-1-2-6-16(15)14-27-22-18(13-24)17(20-7-3-9-26-20)11-19(25-22)21-8-4-10-28-21/h1-11H,14H2. The van der Waals surface area contributed by atoms with Crippen LogP contribution < -0.4 is 4.74 Å². The smallest absolute Gasteiger partial charge is 0.233 e. The molecule has 0 atom stereocenters. The lowest BCUT2D eigenvalue weighted by Crippen LogP contribution is -2.03. The number of rotatable bonds is 5. The van der Waals surface area contributed by atoms with Crippen LogP contribution in [0.3, 0.4) is 0 Å². The van der Waals surface area contributed by atoms with Crippen LogP contribution in [0.4, 0.5) is 0 Å². The molecule has 0 bridgehead atoms. The van der Waals surface area contributed by atoms with Crippen LogP contribution in [0.1, 0.15) is 16.7 Å². The van der Waals surface area contributed by atoms with Gasteiger partial charge in [-0.2, -0.15) is 10.5 Å². The van der Waals surface area contributed by atoms with E-state index in [1.165, 1.54) is 0 Å². The summed E-state index contributed by atoms with van der Waals surface area (Å²) in [7, 11) is 0. The molecule has 134 valence electrons. The largest absolute Gasteiger partial charge is 0.472 e. The normalized spacial score (nSPS) is 10.2. The topological polar surface area (TPSA) is 82.8 Å². The molecule has 4 rings (SSSR count). The van der Waals surface area contributed by atoms with Crippen molar-refractivity contribution in [2.45, 2.75) is 6.61 Å². The fraction of sp³-hybridized carbons (Fsp3) is 0.0455. The number of nitrogens with zero attached hydrogens (tertiary/aromatic N) is 3. The zero-order valence-electron chi connectivity index (χ0n) is 14.6. The van der Waals surface area contributed by atoms with Gasteiger partial charge in [0.2, 0.25) is 5.88 Å². The summed E-state index contributed by atoms with van der Waals surface area (Å²) in [5.74, 6) is 0.784. The van der Waals surface area contributed by atoms with Gasteiger partial charge in [-0.15, -0.1) is 11.3 Å². The van der Waals surface area contributed by atoms with Gasteiger partial charge in [0.1, 0.15) is 24.0 Å². The van der Waals surface area contributed by atoms with E-state index in [0.29, 0.717) is 28.1 Å². The highest BCUT2D eigenvalue weighted by Gasteiger charge is 2.19. The summed E-state index contributed by atoms with van der Waals surface area (Å²) in [5, 5.41) is 21.0. The highest BCUT2D eigenvalue weighted by Crippen LogP contribution is 2.35. The Bertz CT molecular complexity index is 1180. The molecule has 0 N–H and O–H groups in total. The highest BCUT2D eigenvalue weighted by molar-refractivity contribution is 7.13. The molecule has 0 radical (unpaired) electrons. The molecular weight excluding hydrogens is 370 g/mol. The van der Waals surface area contributed by atoms with E-state index < -0.39 is 0 Å². The number of thiophene rings is 1. The van der Waals surface area contributed by atoms with Crippen LogP contribution in [-0.4, -0.2) is 4.98 Å². The number of furan rings is 1. The molecule has 0 amide bonds. The van der Waals surface area contributed by atoms with Crippen molar-refractivity contribution in [3.63, 3.8) is 0 Å². The monoisotopic (exact) mass is 383 g/mol. The predicted molar refractivity (Wildman–Crippen MR) is 105 cm³/mol. The van der Waals surface area contributed by atoms with Gasteiger partial charge in [-0.05, 0) is 35.7 Å². The second kappa shape index (κ2) is 7.79. The Kier molecular flexibility index (Phi) is 4.88. The van der Waals surface area contributed by atoms with Crippen LogP contribution in [0, 0.1) is 22.7 Å². The summed E-state index contributed by atoms with van der Waals surface area (Å²) in [4.78, 5) is 5.53. The minimum Gasteiger partial charge on any atom is -0.472 e. The van der Waals surface area contributed by atoms with E-state index in [9.17, 15) is 10.5 Å². The molecule has 0 aliphatic carbocycles. The lowest BCUT2D eigenvalue weighted by molar-refractivity contribution is 0.293. The lowest BCUT2D eigenvalue weighted by atomic mass is 10.1. The number of pyridine rings is 1. The van der Waals surface area contributed by atoms with Gasteiger partial charge in [0.05, 0.1) is 28.5 Å². The number of hydrogen-bond donors (Lipinski definition) is 0. The molecular formula is C22H13N3O2S. The average molecular weight is 383 g/mol. The molecule has 3 heterocycles. The Morgan fingerprint density at radius 3 is 2.64 bits per heavy atom. The van der Waals surface area contributed by atoms with Gasteiger partial charge in [-0.1, -0.05) is 24.3 Å². The van der Waals surface area contributed by atoms with Gasteiger partial charge < -0.3 is 9.15 Å². The fourth-order valence-electron chi connectivity index (χ4n) is 2.81. The highest BCUT2D eigenvalue weighted by atomic mass is 32.1. The zero-order valence-corrected chi connectivity index (χ0v) is 15.4. The van der Waals surface area contributed by atoms with Gasteiger partial charge in [0.25, 0.3) is 0 Å². The first-order valence-corrected chi connectivity index (χ1v) is 9.32. The molecule has 5 nitrogen and oxygen atoms in total. The third kappa shape index (κ3) is 3.37. The molecule has 3 aromatic heterocycles. The number of aromatic nitrogens is 1. The van der Waals surface area contributed by atoms with Gasteiger partial charge in [-0.3, -0.25) is 0 Å². The van der Waals surface area contributed by atoms with Crippen molar-refractivity contribution in [1.29, 1.82) is 10.5 Å². The molecule has 6 heteroatoms. The van der Waals surface area contributed by atoms with Crippen LogP contribution >= 0.6 is 11.3 Å². The van der Waals surface area contributed by atoms with Crippen LogP contribution in [0.2, 0.25) is 0 Å². The average Bonchev–Trinajstić information content (AvgIpc) is 3.46. The van der Waals surface area contributed by atoms with E-state index in [-0.39, 0.29) is 12.5 Å². The van der Waals surface area contributed by atoms with E-state index in [2.05, 4.69) is 17.1 Å². The lowest BCUT2D eigenvalue weighted by Gasteiger charge is -2.12. The molecule has 0 saturated heterocycles. The molecule has 0 fully saturated rings. The maximum absolute atomic E-state index is 9.76. The Morgan fingerprint density at radius 2 is 1.93 bits per heavy atom. The van der Waals surface area contributed by atoms with E-state index >= 15 is 0 Å². The number of benzene rings is 1. The third-order valence-electron chi connectivity index (χ3n) is 4.16. The number of nitriles is 2. The zero-order chi connectivity index (χ0) is 19.3. The molecule has 4 aromatic rings. The molecule has 0 aliphatic heterocycles. The van der Waals surface area contributed by atoms with Crippen molar-refractivity contribution < 1.29 is 9.15 Å². The van der Waals surface area contributed by atoms with E-state index in [0.717, 1.165) is 10.4 Å². The van der Waals surface area contributed by atoms with E-state index in [1.807, 2.05) is 35.7 Å². The van der Waals surface area contributed by atoms with Gasteiger partial charge in [0, 0.05) is 11.1 Å². The van der Waals surface area contributed by atoms with Gasteiger partial charge >= 0.3 is 0 Å². The van der Waals surface area contributed by atoms with Crippen LogP contribution in [-0.2, 0) is 6.61 Å². The maximum Gasteiger partial charge on any atom is 0.233 e. The van der Waals surface area contributed by atoms with Gasteiger partial charge in [-0.25, -0.2) is 4.98 Å². The van der Waals surface area contributed by atoms with Crippen molar-refractivity contribution in [3.8, 4) is 39.9 Å². The quantitative estimate of drug-likeness (QED) is 0.461. The minimum absolute atomic E-state index is 0.136. The van der Waals surface area contributed by atoms with E-state index in [4.69, 9.17) is 9.15 Å². The Labute approximate surface area is 165 Å². The Morgan fingerprint density at radius 1 is 1.04 bits per heavy atom. The second-order valence-corrected chi connectivity index (χ2v) is 6.81. The van der Waals surface area contributed by atoms with Crippen molar-refractivity contribution in [2.24, 2.45) is 0 Å². The van der Waals surface area contributed by atoms with Crippen LogP contribution in [0.5, 0.6) is 5.88 Å². The SMILES string of the molecule is N#Cc1ccccc1COc1nc(-c2cccs2)cc(-c2ccco2)c1C#N. The van der Waals surface area contributed by atoms with Crippen LogP contribution in [0.25, 0.3) is 21.9 Å². The summed E-state index contributed by atoms with van der Waals surface area (Å²) in [6.45, 7) is 0.136. The Hall–Kier alpha value is -3.87. The predicted octanol–water partition coefficient (Wildman–Crippen LogP) is 5.39. The fourth-order valence-corrected chi connectivity index (χ4v) is 3.50. The Balaban J connectivity index is 1.79. The summed E-state index contributed by atoms with van der Waals surface area (Å²) in [6, 6.07) is 20.8. The summed E-state index contributed by atoms with van der Waals surface area (Å²) in [6.07, 6.45) is 1.56. The second-order valence-electron chi connectivity index (χ2n) is 5.86. The van der Waals surface area contributed by atoms with Crippen molar-refractivity contribution in [1.82, 2.24) is 4.98 Å². The molecule has 0 unspecified atom stereocenters. The van der Waals surface area contributed by atoms with E-state index in [1.54, 1.807) is 41.9 Å². The molecule has 0 spiro atoms.